The van der Waals surface area contributed by atoms with Gasteiger partial charge in [0, 0.05) is 30.6 Å². The van der Waals surface area contributed by atoms with E-state index in [2.05, 4.69) is 4.98 Å². The van der Waals surface area contributed by atoms with E-state index in [1.54, 1.807) is 11.3 Å². The first-order valence-corrected chi connectivity index (χ1v) is 7.52. The van der Waals surface area contributed by atoms with E-state index in [4.69, 9.17) is 4.74 Å². The monoisotopic (exact) mass is 286 g/mol. The molecule has 0 amide bonds. The maximum atomic E-state index is 10.4. The van der Waals surface area contributed by atoms with E-state index in [-0.39, 0.29) is 0 Å². The zero-order chi connectivity index (χ0) is 13.5. The minimum absolute atomic E-state index is 0.523. The molecule has 1 aromatic carbocycles. The third-order valence-electron chi connectivity index (χ3n) is 3.64. The van der Waals surface area contributed by atoms with Crippen molar-refractivity contribution in [1.82, 2.24) is 9.38 Å². The average Bonchev–Trinajstić information content (AvgIpc) is 3.11. The summed E-state index contributed by atoms with van der Waals surface area (Å²) in [6.07, 6.45) is 4.90. The van der Waals surface area contributed by atoms with E-state index in [9.17, 15) is 5.11 Å². The van der Waals surface area contributed by atoms with Gasteiger partial charge >= 0.3 is 0 Å². The third-order valence-corrected chi connectivity index (χ3v) is 4.41. The van der Waals surface area contributed by atoms with Gasteiger partial charge in [0.2, 0.25) is 0 Å². The highest BCUT2D eigenvalue weighted by Gasteiger charge is 2.16. The zero-order valence-corrected chi connectivity index (χ0v) is 11.6. The van der Waals surface area contributed by atoms with Crippen LogP contribution in [0.4, 0.5) is 0 Å². The normalized spacial score (nSPS) is 15.2. The van der Waals surface area contributed by atoms with Crippen molar-refractivity contribution in [2.75, 3.05) is 6.61 Å². The molecule has 20 heavy (non-hydrogen) atoms. The summed E-state index contributed by atoms with van der Waals surface area (Å²) in [5, 5.41) is 12.4. The van der Waals surface area contributed by atoms with E-state index >= 15 is 0 Å². The fourth-order valence-electron chi connectivity index (χ4n) is 2.60. The summed E-state index contributed by atoms with van der Waals surface area (Å²) < 4.78 is 7.47. The van der Waals surface area contributed by atoms with E-state index in [1.807, 2.05) is 40.4 Å². The lowest BCUT2D eigenvalue weighted by molar-refractivity contribution is 0.177. The molecule has 0 aliphatic carbocycles. The highest BCUT2D eigenvalue weighted by Crippen LogP contribution is 2.29. The standard InChI is InChI=1S/C15H14N2O2S/c18-13(8-12-9-17-4-6-20-15(17)16-12)10-1-2-14-11(7-10)3-5-19-14/h1-2,4,6-7,9,13,18H,3,5,8H2. The molecule has 3 heterocycles. The molecular weight excluding hydrogens is 272 g/mol. The van der Waals surface area contributed by atoms with Crippen molar-refractivity contribution >= 4 is 16.3 Å². The fourth-order valence-corrected chi connectivity index (χ4v) is 3.32. The lowest BCUT2D eigenvalue weighted by Gasteiger charge is -2.10. The van der Waals surface area contributed by atoms with Gasteiger partial charge in [0.05, 0.1) is 18.4 Å². The van der Waals surface area contributed by atoms with Crippen LogP contribution in [0.15, 0.2) is 36.0 Å². The summed E-state index contributed by atoms with van der Waals surface area (Å²) in [5.41, 5.74) is 3.04. The summed E-state index contributed by atoms with van der Waals surface area (Å²) >= 11 is 1.60. The largest absolute Gasteiger partial charge is 0.493 e. The van der Waals surface area contributed by atoms with Crippen molar-refractivity contribution in [3.05, 3.63) is 52.8 Å². The molecule has 102 valence electrons. The Balaban J connectivity index is 1.57. The second-order valence-corrected chi connectivity index (χ2v) is 5.88. The number of hydrogen-bond donors (Lipinski definition) is 1. The van der Waals surface area contributed by atoms with E-state index < -0.39 is 6.10 Å². The highest BCUT2D eigenvalue weighted by atomic mass is 32.1. The van der Waals surface area contributed by atoms with Crippen LogP contribution in [0.3, 0.4) is 0 Å². The Bertz CT molecular complexity index is 734. The van der Waals surface area contributed by atoms with Crippen LogP contribution in [-0.4, -0.2) is 21.1 Å². The number of aliphatic hydroxyl groups excluding tert-OH is 1. The molecule has 1 unspecified atom stereocenters. The van der Waals surface area contributed by atoms with Gasteiger partial charge in [0.1, 0.15) is 5.75 Å². The predicted molar refractivity (Wildman–Crippen MR) is 77.4 cm³/mol. The number of aliphatic hydroxyl groups is 1. The Morgan fingerprint density at radius 3 is 3.30 bits per heavy atom. The van der Waals surface area contributed by atoms with E-state index in [0.29, 0.717) is 6.42 Å². The maximum absolute atomic E-state index is 10.4. The molecule has 4 rings (SSSR count). The molecule has 1 N–H and O–H groups in total. The Morgan fingerprint density at radius 1 is 1.45 bits per heavy atom. The Labute approximate surface area is 120 Å². The molecule has 0 radical (unpaired) electrons. The molecule has 0 bridgehead atoms. The van der Waals surface area contributed by atoms with Crippen molar-refractivity contribution in [1.29, 1.82) is 0 Å². The molecule has 1 aliphatic heterocycles. The van der Waals surface area contributed by atoms with Gasteiger partial charge in [0.15, 0.2) is 4.96 Å². The Morgan fingerprint density at radius 2 is 2.40 bits per heavy atom. The summed E-state index contributed by atoms with van der Waals surface area (Å²) in [5.74, 6) is 0.948. The number of aromatic nitrogens is 2. The Kier molecular flexibility index (Phi) is 2.75. The van der Waals surface area contributed by atoms with Gasteiger partial charge in [-0.15, -0.1) is 11.3 Å². The molecular formula is C15H14N2O2S. The average molecular weight is 286 g/mol. The minimum Gasteiger partial charge on any atom is -0.493 e. The van der Waals surface area contributed by atoms with Crippen LogP contribution in [0.5, 0.6) is 5.75 Å². The smallest absolute Gasteiger partial charge is 0.193 e. The first-order chi connectivity index (χ1) is 9.79. The van der Waals surface area contributed by atoms with Crippen LogP contribution in [0.2, 0.25) is 0 Å². The van der Waals surface area contributed by atoms with Crippen molar-refractivity contribution in [2.45, 2.75) is 18.9 Å². The van der Waals surface area contributed by atoms with E-state index in [1.165, 1.54) is 5.56 Å². The molecule has 0 saturated carbocycles. The van der Waals surface area contributed by atoms with Crippen molar-refractivity contribution < 1.29 is 9.84 Å². The maximum Gasteiger partial charge on any atom is 0.193 e. The van der Waals surface area contributed by atoms with Crippen LogP contribution in [0.1, 0.15) is 22.9 Å². The van der Waals surface area contributed by atoms with Gasteiger partial charge < -0.3 is 9.84 Å². The molecule has 1 atom stereocenters. The molecule has 3 aromatic rings. The van der Waals surface area contributed by atoms with Crippen molar-refractivity contribution in [3.8, 4) is 5.75 Å². The van der Waals surface area contributed by atoms with Crippen LogP contribution in [0.25, 0.3) is 4.96 Å². The first-order valence-electron chi connectivity index (χ1n) is 6.64. The summed E-state index contributed by atoms with van der Waals surface area (Å²) in [6, 6.07) is 5.94. The number of benzene rings is 1. The van der Waals surface area contributed by atoms with Crippen molar-refractivity contribution in [3.63, 3.8) is 0 Å². The number of hydrogen-bond acceptors (Lipinski definition) is 4. The highest BCUT2D eigenvalue weighted by molar-refractivity contribution is 7.15. The minimum atomic E-state index is -0.523. The van der Waals surface area contributed by atoms with Gasteiger partial charge in [-0.25, -0.2) is 4.98 Å². The van der Waals surface area contributed by atoms with Gasteiger partial charge in [0.25, 0.3) is 0 Å². The zero-order valence-electron chi connectivity index (χ0n) is 10.8. The lowest BCUT2D eigenvalue weighted by Crippen LogP contribution is -2.02. The molecule has 0 saturated heterocycles. The molecule has 4 nitrogen and oxygen atoms in total. The topological polar surface area (TPSA) is 46.8 Å². The number of fused-ring (bicyclic) bond motifs is 2. The summed E-state index contributed by atoms with van der Waals surface area (Å²) in [4.78, 5) is 5.47. The third kappa shape index (κ3) is 1.99. The number of thiazole rings is 1. The second-order valence-electron chi connectivity index (χ2n) is 5.01. The van der Waals surface area contributed by atoms with Crippen LogP contribution in [-0.2, 0) is 12.8 Å². The number of imidazole rings is 1. The molecule has 2 aromatic heterocycles. The van der Waals surface area contributed by atoms with Gasteiger partial charge in [-0.2, -0.15) is 0 Å². The molecule has 0 fully saturated rings. The van der Waals surface area contributed by atoms with Gasteiger partial charge in [-0.3, -0.25) is 4.40 Å². The quantitative estimate of drug-likeness (QED) is 0.805. The molecule has 5 heteroatoms. The van der Waals surface area contributed by atoms with Crippen LogP contribution in [0, 0.1) is 0 Å². The lowest BCUT2D eigenvalue weighted by atomic mass is 10.0. The summed E-state index contributed by atoms with van der Waals surface area (Å²) in [6.45, 7) is 0.742. The summed E-state index contributed by atoms with van der Waals surface area (Å²) in [7, 11) is 0. The van der Waals surface area contributed by atoms with E-state index in [0.717, 1.165) is 35.0 Å². The van der Waals surface area contributed by atoms with Crippen LogP contribution < -0.4 is 4.74 Å². The molecule has 0 spiro atoms. The van der Waals surface area contributed by atoms with Crippen molar-refractivity contribution in [2.24, 2.45) is 0 Å². The number of ether oxygens (including phenoxy) is 1. The molecule has 1 aliphatic rings. The Hall–Kier alpha value is -1.85. The predicted octanol–water partition coefficient (Wildman–Crippen LogP) is 2.61. The van der Waals surface area contributed by atoms with Gasteiger partial charge in [-0.1, -0.05) is 6.07 Å². The SMILES string of the molecule is OC(Cc1cn2ccsc2n1)c1ccc2c(c1)CCO2. The number of nitrogens with zero attached hydrogens (tertiary/aromatic N) is 2. The first kappa shape index (κ1) is 11.9. The second kappa shape index (κ2) is 4.61. The van der Waals surface area contributed by atoms with Crippen LogP contribution >= 0.6 is 11.3 Å². The number of rotatable bonds is 3. The van der Waals surface area contributed by atoms with Gasteiger partial charge in [-0.05, 0) is 23.3 Å². The fraction of sp³-hybridized carbons (Fsp3) is 0.267.